The van der Waals surface area contributed by atoms with E-state index < -0.39 is 0 Å². The van der Waals surface area contributed by atoms with Crippen LogP contribution >= 0.6 is 0 Å². The van der Waals surface area contributed by atoms with Gasteiger partial charge >= 0.3 is 5.97 Å². The lowest BCUT2D eigenvalue weighted by atomic mass is 9.49. The topological polar surface area (TPSA) is 44.8 Å². The van der Waals surface area contributed by atoms with Crippen molar-refractivity contribution in [3.63, 3.8) is 0 Å². The van der Waals surface area contributed by atoms with E-state index >= 15 is 0 Å². The molecule has 1 aliphatic heterocycles. The standard InChI is InChI=1S/C25H36O4/c26-23(24-11-17-4-18(12-24)6-19(5-17)13-24)27-14-22-1-2-28-25(29-22)20-7-15-3-16(9-20)10-21(25)8-15/h15-22H,1-14H2. The van der Waals surface area contributed by atoms with Crippen molar-refractivity contribution in [2.75, 3.05) is 13.2 Å². The molecule has 160 valence electrons. The summed E-state index contributed by atoms with van der Waals surface area (Å²) in [7, 11) is 0. The summed E-state index contributed by atoms with van der Waals surface area (Å²) in [5.41, 5.74) is -0.153. The Kier molecular flexibility index (Phi) is 3.86. The molecule has 0 aromatic heterocycles. The minimum absolute atomic E-state index is 0.0270. The van der Waals surface area contributed by atoms with Crippen LogP contribution in [0.4, 0.5) is 0 Å². The van der Waals surface area contributed by atoms with E-state index in [1.54, 1.807) is 0 Å². The van der Waals surface area contributed by atoms with Gasteiger partial charge in [-0.3, -0.25) is 4.79 Å². The van der Waals surface area contributed by atoms with E-state index in [9.17, 15) is 4.79 Å². The van der Waals surface area contributed by atoms with Gasteiger partial charge in [-0.1, -0.05) is 0 Å². The Labute approximate surface area is 174 Å². The number of rotatable bonds is 3. The van der Waals surface area contributed by atoms with Gasteiger partial charge in [-0.2, -0.15) is 0 Å². The zero-order valence-corrected chi connectivity index (χ0v) is 17.7. The summed E-state index contributed by atoms with van der Waals surface area (Å²) >= 11 is 0. The largest absolute Gasteiger partial charge is 0.462 e. The molecule has 9 rings (SSSR count). The quantitative estimate of drug-likeness (QED) is 0.644. The normalized spacial score (nSPS) is 56.8. The number of carbonyl (C=O) groups is 1. The number of carbonyl (C=O) groups excluding carboxylic acids is 1. The first-order valence-electron chi connectivity index (χ1n) is 12.6. The number of hydrogen-bond acceptors (Lipinski definition) is 4. The van der Waals surface area contributed by atoms with Crippen LogP contribution in [0.15, 0.2) is 0 Å². The van der Waals surface area contributed by atoms with Gasteiger partial charge in [0.05, 0.1) is 18.1 Å². The van der Waals surface area contributed by atoms with E-state index in [0.717, 1.165) is 61.9 Å². The summed E-state index contributed by atoms with van der Waals surface area (Å²) in [6.07, 6.45) is 14.8. The molecule has 8 aliphatic carbocycles. The fourth-order valence-corrected chi connectivity index (χ4v) is 9.77. The first-order valence-corrected chi connectivity index (χ1v) is 12.6. The third-order valence-corrected chi connectivity index (χ3v) is 10.3. The van der Waals surface area contributed by atoms with Crippen LogP contribution in [-0.2, 0) is 19.0 Å². The number of hydrogen-bond donors (Lipinski definition) is 0. The number of ether oxygens (including phenoxy) is 3. The van der Waals surface area contributed by atoms with Gasteiger partial charge in [0.15, 0.2) is 5.79 Å². The van der Waals surface area contributed by atoms with Crippen molar-refractivity contribution in [1.82, 2.24) is 0 Å². The maximum absolute atomic E-state index is 13.2. The fraction of sp³-hybridized carbons (Fsp3) is 0.960. The average Bonchev–Trinajstić information content (AvgIpc) is 2.69. The molecular formula is C25H36O4. The predicted octanol–water partition coefficient (Wildman–Crippen LogP) is 4.70. The van der Waals surface area contributed by atoms with Crippen LogP contribution in [0.3, 0.4) is 0 Å². The van der Waals surface area contributed by atoms with Crippen LogP contribution in [0.2, 0.25) is 0 Å². The molecule has 1 unspecified atom stereocenters. The summed E-state index contributed by atoms with van der Waals surface area (Å²) in [6.45, 7) is 1.21. The molecule has 29 heavy (non-hydrogen) atoms. The zero-order chi connectivity index (χ0) is 19.2. The van der Waals surface area contributed by atoms with E-state index in [1.165, 1.54) is 51.4 Å². The van der Waals surface area contributed by atoms with E-state index in [1.807, 2.05) is 0 Å². The summed E-state index contributed by atoms with van der Waals surface area (Å²) in [6, 6.07) is 0. The predicted molar refractivity (Wildman–Crippen MR) is 107 cm³/mol. The molecule has 0 aromatic rings. The van der Waals surface area contributed by atoms with Gasteiger partial charge in [-0.15, -0.1) is 0 Å². The van der Waals surface area contributed by atoms with Crippen molar-refractivity contribution in [2.24, 2.45) is 46.8 Å². The molecule has 9 aliphatic rings. The van der Waals surface area contributed by atoms with Crippen LogP contribution in [0.5, 0.6) is 0 Å². The van der Waals surface area contributed by atoms with Gasteiger partial charge in [0.25, 0.3) is 0 Å². The zero-order valence-electron chi connectivity index (χ0n) is 17.7. The van der Waals surface area contributed by atoms with Crippen LogP contribution in [0, 0.1) is 46.8 Å². The minimum atomic E-state index is -0.358. The summed E-state index contributed by atoms with van der Waals surface area (Å²) < 4.78 is 19.2. The molecule has 8 saturated carbocycles. The van der Waals surface area contributed by atoms with Crippen molar-refractivity contribution in [1.29, 1.82) is 0 Å². The fourth-order valence-electron chi connectivity index (χ4n) is 9.77. The van der Waals surface area contributed by atoms with E-state index in [0.29, 0.717) is 18.4 Å². The second-order valence-corrected chi connectivity index (χ2v) is 12.2. The lowest BCUT2D eigenvalue weighted by Gasteiger charge is -2.61. The molecule has 4 nitrogen and oxygen atoms in total. The van der Waals surface area contributed by atoms with Gasteiger partial charge in [0, 0.05) is 18.3 Å². The van der Waals surface area contributed by atoms with Crippen molar-refractivity contribution in [3.05, 3.63) is 0 Å². The molecule has 0 radical (unpaired) electrons. The Morgan fingerprint density at radius 3 is 1.93 bits per heavy atom. The Bertz CT molecular complexity index is 636. The molecule has 1 saturated heterocycles. The molecule has 1 atom stereocenters. The van der Waals surface area contributed by atoms with Crippen LogP contribution in [0.25, 0.3) is 0 Å². The van der Waals surface area contributed by atoms with Crippen molar-refractivity contribution >= 4 is 5.97 Å². The summed E-state index contributed by atoms with van der Waals surface area (Å²) in [5, 5.41) is 0. The van der Waals surface area contributed by atoms with Gasteiger partial charge in [-0.05, 0) is 100 Å². The maximum Gasteiger partial charge on any atom is 0.312 e. The molecule has 0 N–H and O–H groups in total. The van der Waals surface area contributed by atoms with Crippen LogP contribution in [0.1, 0.15) is 77.0 Å². The van der Waals surface area contributed by atoms with E-state index in [2.05, 4.69) is 0 Å². The molecule has 4 heteroatoms. The molecule has 1 spiro atoms. The Morgan fingerprint density at radius 2 is 1.34 bits per heavy atom. The van der Waals surface area contributed by atoms with Gasteiger partial charge in [0.1, 0.15) is 6.61 Å². The Morgan fingerprint density at radius 1 is 0.793 bits per heavy atom. The monoisotopic (exact) mass is 400 g/mol. The average molecular weight is 401 g/mol. The van der Waals surface area contributed by atoms with Gasteiger partial charge in [0.2, 0.25) is 0 Å². The third kappa shape index (κ3) is 2.67. The maximum atomic E-state index is 13.2. The Hall–Kier alpha value is -0.610. The highest BCUT2D eigenvalue weighted by Gasteiger charge is 2.61. The van der Waals surface area contributed by atoms with E-state index in [-0.39, 0.29) is 23.3 Å². The first kappa shape index (κ1) is 18.0. The molecule has 0 amide bonds. The van der Waals surface area contributed by atoms with Crippen molar-refractivity contribution in [2.45, 2.75) is 88.9 Å². The smallest absolute Gasteiger partial charge is 0.312 e. The molecule has 0 aromatic carbocycles. The van der Waals surface area contributed by atoms with Crippen LogP contribution in [-0.4, -0.2) is 31.1 Å². The first-order chi connectivity index (χ1) is 14.1. The second kappa shape index (κ2) is 6.22. The van der Waals surface area contributed by atoms with E-state index in [4.69, 9.17) is 14.2 Å². The summed E-state index contributed by atoms with van der Waals surface area (Å²) in [5.74, 6) is 5.04. The highest BCUT2D eigenvalue weighted by Crippen LogP contribution is 2.62. The molecule has 1 heterocycles. The number of esters is 1. The van der Waals surface area contributed by atoms with Crippen LogP contribution < -0.4 is 0 Å². The second-order valence-electron chi connectivity index (χ2n) is 12.2. The van der Waals surface area contributed by atoms with Gasteiger partial charge in [-0.25, -0.2) is 0 Å². The third-order valence-electron chi connectivity index (χ3n) is 10.3. The minimum Gasteiger partial charge on any atom is -0.462 e. The lowest BCUT2D eigenvalue weighted by molar-refractivity contribution is -0.378. The highest BCUT2D eigenvalue weighted by molar-refractivity contribution is 5.77. The van der Waals surface area contributed by atoms with Crippen molar-refractivity contribution < 1.29 is 19.0 Å². The lowest BCUT2D eigenvalue weighted by Crippen LogP contribution is -2.63. The van der Waals surface area contributed by atoms with Crippen molar-refractivity contribution in [3.8, 4) is 0 Å². The van der Waals surface area contributed by atoms with Gasteiger partial charge < -0.3 is 14.2 Å². The highest BCUT2D eigenvalue weighted by atomic mass is 16.7. The Balaban J connectivity index is 1.03. The summed E-state index contributed by atoms with van der Waals surface area (Å²) in [4.78, 5) is 13.2. The SMILES string of the molecule is O=C(OCC1CCOC2(O1)C1CC3CC(C1)CC2C3)C12CC3CC(CC(C3)C1)C2. The molecule has 9 fully saturated rings. The molecular weight excluding hydrogens is 364 g/mol. The molecule has 8 bridgehead atoms.